The summed E-state index contributed by atoms with van der Waals surface area (Å²) in [5.41, 5.74) is -0.641. The van der Waals surface area contributed by atoms with Gasteiger partial charge in [0.15, 0.2) is 11.5 Å². The Labute approximate surface area is 177 Å². The average molecular weight is 450 g/mol. The van der Waals surface area contributed by atoms with Crippen LogP contribution in [0, 0.1) is 5.92 Å². The molecule has 1 aliphatic rings. The van der Waals surface area contributed by atoms with E-state index in [-0.39, 0.29) is 17.5 Å². The number of rotatable bonds is 8. The van der Waals surface area contributed by atoms with Gasteiger partial charge in [0.1, 0.15) is 5.60 Å². The van der Waals surface area contributed by atoms with Crippen molar-refractivity contribution in [3.05, 3.63) is 23.8 Å². The van der Waals surface area contributed by atoms with Crippen molar-refractivity contribution < 1.29 is 41.4 Å². The Kier molecular flexibility index (Phi) is 8.35. The molecule has 0 bridgehead atoms. The third-order valence-electron chi connectivity index (χ3n) is 4.45. The highest BCUT2D eigenvalue weighted by molar-refractivity contribution is 5.94. The minimum Gasteiger partial charge on any atom is -0.444 e. The van der Waals surface area contributed by atoms with Crippen LogP contribution >= 0.6 is 0 Å². The van der Waals surface area contributed by atoms with Crippen LogP contribution < -0.4 is 20.1 Å². The van der Waals surface area contributed by atoms with E-state index in [4.69, 9.17) is 4.74 Å². The highest BCUT2D eigenvalue weighted by Gasteiger charge is 2.28. The Balaban J connectivity index is 1.89. The fourth-order valence-electron chi connectivity index (χ4n) is 3.24. The van der Waals surface area contributed by atoms with Crippen molar-refractivity contribution in [3.63, 3.8) is 0 Å². The summed E-state index contributed by atoms with van der Waals surface area (Å²) in [7, 11) is 0. The Bertz CT molecular complexity index is 770. The second-order valence-corrected chi connectivity index (χ2v) is 8.15. The normalized spacial score (nSPS) is 18.7. The van der Waals surface area contributed by atoms with Crippen LogP contribution in [0.3, 0.4) is 0 Å². The van der Waals surface area contributed by atoms with Crippen molar-refractivity contribution in [2.45, 2.75) is 64.9 Å². The van der Waals surface area contributed by atoms with E-state index in [0.717, 1.165) is 25.0 Å². The van der Waals surface area contributed by atoms with E-state index in [0.29, 0.717) is 13.0 Å². The molecule has 0 aromatic heterocycles. The summed E-state index contributed by atoms with van der Waals surface area (Å²) < 4.78 is 63.4. The van der Waals surface area contributed by atoms with Crippen LogP contribution in [-0.2, 0) is 4.74 Å². The van der Waals surface area contributed by atoms with Gasteiger partial charge in [0.25, 0.3) is 5.91 Å². The molecule has 2 atom stereocenters. The number of hydrogen-bond acceptors (Lipinski definition) is 5. The molecule has 2 rings (SSSR count). The molecule has 31 heavy (non-hydrogen) atoms. The summed E-state index contributed by atoms with van der Waals surface area (Å²) >= 11 is 0. The first-order valence-corrected chi connectivity index (χ1v) is 9.74. The molecule has 0 spiro atoms. The quantitative estimate of drug-likeness (QED) is 0.577. The first kappa shape index (κ1) is 24.5. The first-order chi connectivity index (χ1) is 14.4. The lowest BCUT2D eigenvalue weighted by Gasteiger charge is -2.21. The lowest BCUT2D eigenvalue weighted by Crippen LogP contribution is -2.38. The Hall–Kier alpha value is -2.72. The van der Waals surface area contributed by atoms with E-state index in [1.165, 1.54) is 6.07 Å². The van der Waals surface area contributed by atoms with Crippen molar-refractivity contribution in [3.8, 4) is 11.5 Å². The van der Waals surface area contributed by atoms with Gasteiger partial charge >= 0.3 is 19.3 Å². The molecule has 2 amide bonds. The van der Waals surface area contributed by atoms with Crippen LogP contribution in [0.4, 0.5) is 22.4 Å². The molecule has 2 N–H and O–H groups in total. The zero-order chi connectivity index (χ0) is 23.2. The van der Waals surface area contributed by atoms with Gasteiger partial charge in [-0.2, -0.15) is 17.6 Å². The molecule has 0 saturated heterocycles. The number of benzene rings is 1. The summed E-state index contributed by atoms with van der Waals surface area (Å²) in [6.45, 7) is -0.905. The Morgan fingerprint density at radius 3 is 2.32 bits per heavy atom. The monoisotopic (exact) mass is 450 g/mol. The summed E-state index contributed by atoms with van der Waals surface area (Å²) in [5, 5.41) is 5.47. The van der Waals surface area contributed by atoms with Gasteiger partial charge in [-0.25, -0.2) is 4.79 Å². The van der Waals surface area contributed by atoms with E-state index in [2.05, 4.69) is 20.1 Å². The van der Waals surface area contributed by atoms with Crippen LogP contribution in [0.15, 0.2) is 18.2 Å². The fraction of sp³-hybridized carbons (Fsp3) is 0.600. The van der Waals surface area contributed by atoms with Gasteiger partial charge < -0.3 is 24.8 Å². The van der Waals surface area contributed by atoms with Gasteiger partial charge in [-0.15, -0.1) is 0 Å². The molecule has 0 aliphatic heterocycles. The van der Waals surface area contributed by atoms with E-state index < -0.39 is 42.3 Å². The maximum Gasteiger partial charge on any atom is 0.407 e. The van der Waals surface area contributed by atoms with Crippen LogP contribution in [-0.4, -0.2) is 43.4 Å². The second-order valence-electron chi connectivity index (χ2n) is 8.15. The lowest BCUT2D eigenvalue weighted by molar-refractivity contribution is -0.0692. The van der Waals surface area contributed by atoms with Gasteiger partial charge in [-0.3, -0.25) is 4.79 Å². The topological polar surface area (TPSA) is 85.9 Å². The highest BCUT2D eigenvalue weighted by Crippen LogP contribution is 2.31. The number of ether oxygens (including phenoxy) is 3. The van der Waals surface area contributed by atoms with Crippen molar-refractivity contribution in [1.82, 2.24) is 10.6 Å². The average Bonchev–Trinajstić information content (AvgIpc) is 3.05. The van der Waals surface area contributed by atoms with Crippen LogP contribution in [0.5, 0.6) is 11.5 Å². The predicted molar refractivity (Wildman–Crippen MR) is 103 cm³/mol. The Morgan fingerprint density at radius 1 is 1.06 bits per heavy atom. The first-order valence-electron chi connectivity index (χ1n) is 9.74. The van der Waals surface area contributed by atoms with E-state index in [1.807, 2.05) is 0 Å². The van der Waals surface area contributed by atoms with Gasteiger partial charge in [0, 0.05) is 18.2 Å². The number of halogens is 4. The standard InChI is InChI=1S/C20H26F4N2O5/c1-20(2,3)31-19(28)26-13-6-4-11(8-13)10-25-16(27)12-5-7-14(29-17(21)22)15(9-12)30-18(23)24/h5,7,9,11,13,17-18H,4,6,8,10H2,1-3H3,(H,25,27)(H,26,28)/t11-,13+/m0/s1. The van der Waals surface area contributed by atoms with Crippen molar-refractivity contribution in [2.24, 2.45) is 5.92 Å². The number of alkyl halides is 4. The third-order valence-corrected chi connectivity index (χ3v) is 4.45. The summed E-state index contributed by atoms with van der Waals surface area (Å²) in [4.78, 5) is 24.2. The number of nitrogens with one attached hydrogen (secondary N) is 2. The number of hydrogen-bond donors (Lipinski definition) is 2. The largest absolute Gasteiger partial charge is 0.444 e. The summed E-state index contributed by atoms with van der Waals surface area (Å²) in [6.07, 6.45) is 1.63. The third kappa shape index (κ3) is 8.50. The molecule has 1 aromatic carbocycles. The molecule has 1 aliphatic carbocycles. The summed E-state index contributed by atoms with van der Waals surface area (Å²) in [5.74, 6) is -1.74. The minimum atomic E-state index is -3.27. The maximum atomic E-state index is 12.5. The minimum absolute atomic E-state index is 0.0429. The molecule has 11 heteroatoms. The molecule has 7 nitrogen and oxygen atoms in total. The molecule has 1 aromatic rings. The predicted octanol–water partition coefficient (Wildman–Crippen LogP) is 4.31. The van der Waals surface area contributed by atoms with Gasteiger partial charge in [0.2, 0.25) is 0 Å². The molecule has 0 heterocycles. The van der Waals surface area contributed by atoms with E-state index in [1.54, 1.807) is 20.8 Å². The van der Waals surface area contributed by atoms with E-state index >= 15 is 0 Å². The lowest BCUT2D eigenvalue weighted by atomic mass is 10.1. The van der Waals surface area contributed by atoms with Crippen LogP contribution in [0.25, 0.3) is 0 Å². The number of carbonyl (C=O) groups excluding carboxylic acids is 2. The van der Waals surface area contributed by atoms with Gasteiger partial charge in [0.05, 0.1) is 0 Å². The zero-order valence-electron chi connectivity index (χ0n) is 17.4. The zero-order valence-corrected chi connectivity index (χ0v) is 17.4. The SMILES string of the molecule is CC(C)(C)OC(=O)N[C@@H]1CC[C@H](CNC(=O)c2ccc(OC(F)F)c(OC(F)F)c2)C1. The van der Waals surface area contributed by atoms with Crippen LogP contribution in [0.2, 0.25) is 0 Å². The fourth-order valence-corrected chi connectivity index (χ4v) is 3.24. The smallest absolute Gasteiger partial charge is 0.407 e. The van der Waals surface area contributed by atoms with Crippen molar-refractivity contribution >= 4 is 12.0 Å². The van der Waals surface area contributed by atoms with Crippen LogP contribution in [0.1, 0.15) is 50.4 Å². The number of alkyl carbamates (subject to hydrolysis) is 1. The summed E-state index contributed by atoms with van der Waals surface area (Å²) in [6, 6.07) is 2.98. The van der Waals surface area contributed by atoms with Crippen molar-refractivity contribution in [2.75, 3.05) is 6.54 Å². The molecular weight excluding hydrogens is 424 g/mol. The molecule has 174 valence electrons. The molecule has 1 saturated carbocycles. The molecule has 0 radical (unpaired) electrons. The van der Waals surface area contributed by atoms with Crippen molar-refractivity contribution in [1.29, 1.82) is 0 Å². The molecular formula is C20H26F4N2O5. The number of carbonyl (C=O) groups is 2. The Morgan fingerprint density at radius 2 is 1.71 bits per heavy atom. The number of amides is 2. The van der Waals surface area contributed by atoms with Gasteiger partial charge in [-0.05, 0) is 64.2 Å². The highest BCUT2D eigenvalue weighted by atomic mass is 19.3. The second kappa shape index (κ2) is 10.5. The molecule has 1 fully saturated rings. The molecule has 0 unspecified atom stereocenters. The van der Waals surface area contributed by atoms with E-state index in [9.17, 15) is 27.2 Å². The van der Waals surface area contributed by atoms with Gasteiger partial charge in [-0.1, -0.05) is 0 Å². The maximum absolute atomic E-state index is 12.5.